The van der Waals surface area contributed by atoms with Gasteiger partial charge < -0.3 is 10.2 Å². The number of terminal acetylenes is 1. The van der Waals surface area contributed by atoms with Crippen LogP contribution in [0.2, 0.25) is 10.0 Å². The van der Waals surface area contributed by atoms with Crippen LogP contribution >= 0.6 is 23.2 Å². The van der Waals surface area contributed by atoms with Crippen LogP contribution in [-0.2, 0) is 16.1 Å². The van der Waals surface area contributed by atoms with Gasteiger partial charge in [-0.1, -0.05) is 29.1 Å². The first-order valence-electron chi connectivity index (χ1n) is 6.43. The summed E-state index contributed by atoms with van der Waals surface area (Å²) in [6, 6.07) is 5.10. The maximum atomic E-state index is 12.1. The second-order valence-electron chi connectivity index (χ2n) is 4.87. The van der Waals surface area contributed by atoms with Gasteiger partial charge in [0, 0.05) is 29.6 Å². The molecule has 6 heteroatoms. The summed E-state index contributed by atoms with van der Waals surface area (Å²) in [6.45, 7) is 0.927. The van der Waals surface area contributed by atoms with E-state index < -0.39 is 0 Å². The molecule has 1 unspecified atom stereocenters. The lowest BCUT2D eigenvalue weighted by Crippen LogP contribution is -2.32. The number of nitrogens with zero attached hydrogens (tertiary/aromatic N) is 1. The number of amides is 2. The molecule has 0 radical (unpaired) electrons. The number of likely N-dealkylation sites (tertiary alicyclic amines) is 1. The van der Waals surface area contributed by atoms with Gasteiger partial charge >= 0.3 is 0 Å². The Kier molecular flexibility index (Phi) is 5.11. The molecule has 0 bridgehead atoms. The van der Waals surface area contributed by atoms with E-state index in [-0.39, 0.29) is 30.7 Å². The Bertz CT molecular complexity index is 590. The van der Waals surface area contributed by atoms with Crippen LogP contribution in [0.1, 0.15) is 12.0 Å². The monoisotopic (exact) mass is 324 g/mol. The zero-order chi connectivity index (χ0) is 15.4. The summed E-state index contributed by atoms with van der Waals surface area (Å²) in [5.74, 6) is 1.80. The largest absolute Gasteiger partial charge is 0.352 e. The molecule has 1 aromatic carbocycles. The number of carbonyl (C=O) groups excluding carboxylic acids is 2. The summed E-state index contributed by atoms with van der Waals surface area (Å²) in [7, 11) is 0. The number of rotatable bonds is 4. The van der Waals surface area contributed by atoms with Crippen molar-refractivity contribution in [1.82, 2.24) is 10.2 Å². The smallest absolute Gasteiger partial charge is 0.225 e. The van der Waals surface area contributed by atoms with Crippen LogP contribution in [0, 0.1) is 18.3 Å². The maximum Gasteiger partial charge on any atom is 0.225 e. The van der Waals surface area contributed by atoms with Crippen LogP contribution in [0.4, 0.5) is 0 Å². The summed E-state index contributed by atoms with van der Waals surface area (Å²) in [5.41, 5.74) is 0.811. The van der Waals surface area contributed by atoms with Crippen molar-refractivity contribution in [2.45, 2.75) is 13.0 Å². The fourth-order valence-corrected chi connectivity index (χ4v) is 2.83. The standard InChI is InChI=1S/C15H14Cl2N2O2/c1-2-3-19-9-11(6-14(19)20)15(21)18-8-10-4-12(16)7-13(17)5-10/h1,4-5,7,11H,3,6,8-9H2,(H,18,21). The minimum atomic E-state index is -0.361. The molecule has 110 valence electrons. The molecule has 1 aliphatic heterocycles. The molecule has 2 rings (SSSR count). The first-order valence-corrected chi connectivity index (χ1v) is 7.19. The predicted molar refractivity (Wildman–Crippen MR) is 81.8 cm³/mol. The maximum absolute atomic E-state index is 12.1. The molecular weight excluding hydrogens is 311 g/mol. The second kappa shape index (κ2) is 6.84. The van der Waals surface area contributed by atoms with Crippen molar-refractivity contribution in [3.63, 3.8) is 0 Å². The van der Waals surface area contributed by atoms with E-state index in [1.807, 2.05) is 0 Å². The van der Waals surface area contributed by atoms with Gasteiger partial charge in [0.25, 0.3) is 0 Å². The highest BCUT2D eigenvalue weighted by Gasteiger charge is 2.33. The molecule has 0 saturated carbocycles. The highest BCUT2D eigenvalue weighted by molar-refractivity contribution is 6.34. The van der Waals surface area contributed by atoms with Crippen molar-refractivity contribution in [3.8, 4) is 12.3 Å². The average Bonchev–Trinajstić information content (AvgIpc) is 2.77. The zero-order valence-electron chi connectivity index (χ0n) is 11.2. The normalized spacial score (nSPS) is 17.7. The third kappa shape index (κ3) is 4.13. The summed E-state index contributed by atoms with van der Waals surface area (Å²) in [5, 5.41) is 3.83. The Labute approximate surface area is 133 Å². The molecule has 0 spiro atoms. The van der Waals surface area contributed by atoms with Crippen LogP contribution in [-0.4, -0.2) is 29.8 Å². The van der Waals surface area contributed by atoms with E-state index in [0.29, 0.717) is 23.1 Å². The summed E-state index contributed by atoms with van der Waals surface area (Å²) in [4.78, 5) is 25.2. The lowest BCUT2D eigenvalue weighted by Gasteiger charge is -2.13. The van der Waals surface area contributed by atoms with Crippen LogP contribution < -0.4 is 5.32 Å². The van der Waals surface area contributed by atoms with Crippen LogP contribution in [0.5, 0.6) is 0 Å². The SMILES string of the molecule is C#CCN1CC(C(=O)NCc2cc(Cl)cc(Cl)c2)CC1=O. The number of hydrogen-bond acceptors (Lipinski definition) is 2. The highest BCUT2D eigenvalue weighted by Crippen LogP contribution is 2.20. The van der Waals surface area contributed by atoms with E-state index in [2.05, 4.69) is 11.2 Å². The molecule has 1 fully saturated rings. The minimum absolute atomic E-state index is 0.0844. The van der Waals surface area contributed by atoms with Crippen LogP contribution in [0.3, 0.4) is 0 Å². The van der Waals surface area contributed by atoms with Gasteiger partial charge in [0.1, 0.15) is 0 Å². The molecule has 1 heterocycles. The van der Waals surface area contributed by atoms with Gasteiger partial charge in [0.2, 0.25) is 11.8 Å². The minimum Gasteiger partial charge on any atom is -0.352 e. The van der Waals surface area contributed by atoms with Crippen molar-refractivity contribution in [2.24, 2.45) is 5.92 Å². The van der Waals surface area contributed by atoms with Gasteiger partial charge in [-0.2, -0.15) is 0 Å². The van der Waals surface area contributed by atoms with Gasteiger partial charge in [-0.3, -0.25) is 9.59 Å². The van der Waals surface area contributed by atoms with Gasteiger partial charge in [0.15, 0.2) is 0 Å². The van der Waals surface area contributed by atoms with Gasteiger partial charge in [0.05, 0.1) is 12.5 Å². The van der Waals surface area contributed by atoms with Gasteiger partial charge in [-0.15, -0.1) is 6.42 Å². The lowest BCUT2D eigenvalue weighted by atomic mass is 10.1. The Morgan fingerprint density at radius 2 is 2.05 bits per heavy atom. The second-order valence-corrected chi connectivity index (χ2v) is 5.75. The Morgan fingerprint density at radius 3 is 2.67 bits per heavy atom. The fourth-order valence-electron chi connectivity index (χ4n) is 2.26. The Hall–Kier alpha value is -1.70. The molecule has 21 heavy (non-hydrogen) atoms. The summed E-state index contributed by atoms with van der Waals surface area (Å²) < 4.78 is 0. The predicted octanol–water partition coefficient (Wildman–Crippen LogP) is 2.09. The first kappa shape index (κ1) is 15.7. The van der Waals surface area contributed by atoms with Gasteiger partial charge in [-0.05, 0) is 23.8 Å². The molecule has 1 aliphatic rings. The van der Waals surface area contributed by atoms with E-state index in [9.17, 15) is 9.59 Å². The van der Waals surface area contributed by atoms with Crippen molar-refractivity contribution < 1.29 is 9.59 Å². The van der Waals surface area contributed by atoms with E-state index in [1.165, 1.54) is 4.90 Å². The average molecular weight is 325 g/mol. The van der Waals surface area contributed by atoms with E-state index in [4.69, 9.17) is 29.6 Å². The molecule has 4 nitrogen and oxygen atoms in total. The van der Waals surface area contributed by atoms with Crippen molar-refractivity contribution in [1.29, 1.82) is 0 Å². The molecule has 1 atom stereocenters. The molecule has 1 N–H and O–H groups in total. The van der Waals surface area contributed by atoms with Crippen LogP contribution in [0.15, 0.2) is 18.2 Å². The van der Waals surface area contributed by atoms with E-state index in [0.717, 1.165) is 5.56 Å². The van der Waals surface area contributed by atoms with E-state index in [1.54, 1.807) is 18.2 Å². The highest BCUT2D eigenvalue weighted by atomic mass is 35.5. The van der Waals surface area contributed by atoms with Crippen molar-refractivity contribution >= 4 is 35.0 Å². The van der Waals surface area contributed by atoms with Crippen LogP contribution in [0.25, 0.3) is 0 Å². The quantitative estimate of drug-likeness (QED) is 0.862. The molecule has 1 aromatic rings. The molecule has 1 saturated heterocycles. The summed E-state index contributed by atoms with van der Waals surface area (Å²) >= 11 is 11.8. The summed E-state index contributed by atoms with van der Waals surface area (Å²) in [6.07, 6.45) is 5.38. The Balaban J connectivity index is 1.91. The van der Waals surface area contributed by atoms with Crippen molar-refractivity contribution in [2.75, 3.05) is 13.1 Å². The number of hydrogen-bond donors (Lipinski definition) is 1. The topological polar surface area (TPSA) is 49.4 Å². The zero-order valence-corrected chi connectivity index (χ0v) is 12.7. The molecule has 0 aliphatic carbocycles. The number of halogens is 2. The fraction of sp³-hybridized carbons (Fsp3) is 0.333. The number of nitrogens with one attached hydrogen (secondary N) is 1. The number of carbonyl (C=O) groups is 2. The molecular formula is C15H14Cl2N2O2. The van der Waals surface area contributed by atoms with E-state index >= 15 is 0 Å². The molecule has 2 amide bonds. The third-order valence-corrected chi connectivity index (χ3v) is 3.69. The number of benzene rings is 1. The first-order chi connectivity index (χ1) is 9.99. The Morgan fingerprint density at radius 1 is 1.38 bits per heavy atom. The molecule has 0 aromatic heterocycles. The van der Waals surface area contributed by atoms with Crippen molar-refractivity contribution in [3.05, 3.63) is 33.8 Å². The van der Waals surface area contributed by atoms with Gasteiger partial charge in [-0.25, -0.2) is 0 Å². The third-order valence-electron chi connectivity index (χ3n) is 3.26. The lowest BCUT2D eigenvalue weighted by molar-refractivity contribution is -0.128.